The van der Waals surface area contributed by atoms with Crippen molar-refractivity contribution in [3.8, 4) is 11.1 Å². The summed E-state index contributed by atoms with van der Waals surface area (Å²) in [7, 11) is 1.41. The Balaban J connectivity index is 2.23. The van der Waals surface area contributed by atoms with Crippen LogP contribution in [-0.2, 0) is 11.2 Å². The maximum atomic E-state index is 13.2. The third-order valence-corrected chi connectivity index (χ3v) is 5.63. The molecule has 0 spiro atoms. The van der Waals surface area contributed by atoms with Crippen molar-refractivity contribution in [2.24, 2.45) is 0 Å². The fraction of sp³-hybridized carbons (Fsp3) is 0.235. The Hall–Kier alpha value is -1.46. The zero-order valence-electron chi connectivity index (χ0n) is 12.3. The molecule has 0 aromatic heterocycles. The molecule has 0 aliphatic carbocycles. The van der Waals surface area contributed by atoms with Crippen LogP contribution in [-0.4, -0.2) is 25.1 Å². The molecule has 2 aromatic rings. The maximum absolute atomic E-state index is 13.2. The number of methoxy groups -OCH3 is 1. The van der Waals surface area contributed by atoms with Crippen LogP contribution >= 0.6 is 23.5 Å². The second kappa shape index (κ2) is 6.34. The quantitative estimate of drug-likeness (QED) is 0.603. The predicted octanol–water partition coefficient (Wildman–Crippen LogP) is 4.65. The van der Waals surface area contributed by atoms with Crippen molar-refractivity contribution in [1.29, 1.82) is 0 Å². The highest BCUT2D eigenvalue weighted by molar-refractivity contribution is 8.00. The number of ether oxygens (including phenoxy) is 1. The van der Waals surface area contributed by atoms with Gasteiger partial charge in [-0.3, -0.25) is 0 Å². The van der Waals surface area contributed by atoms with E-state index in [-0.39, 0.29) is 11.8 Å². The average Bonchev–Trinajstić information content (AvgIpc) is 3.02. The van der Waals surface area contributed by atoms with E-state index in [0.717, 1.165) is 38.7 Å². The summed E-state index contributed by atoms with van der Waals surface area (Å²) >= 11 is 3.28. The van der Waals surface area contributed by atoms with Crippen molar-refractivity contribution in [2.45, 2.75) is 16.2 Å². The molecule has 0 unspecified atom stereocenters. The van der Waals surface area contributed by atoms with E-state index in [1.807, 2.05) is 12.3 Å². The van der Waals surface area contributed by atoms with Crippen molar-refractivity contribution >= 4 is 29.5 Å². The minimum atomic E-state index is -0.284. The number of rotatable bonds is 3. The van der Waals surface area contributed by atoms with Gasteiger partial charge in [0.1, 0.15) is 5.82 Å². The molecule has 0 N–H and O–H groups in total. The van der Waals surface area contributed by atoms with Crippen LogP contribution in [0.3, 0.4) is 0 Å². The first-order valence-corrected chi connectivity index (χ1v) is 9.07. The van der Waals surface area contributed by atoms with Gasteiger partial charge >= 0.3 is 5.97 Å². The molecule has 0 saturated heterocycles. The number of thioether (sulfide) groups is 2. The maximum Gasteiger partial charge on any atom is 0.339 e. The van der Waals surface area contributed by atoms with Crippen molar-refractivity contribution in [2.75, 3.05) is 19.1 Å². The fourth-order valence-electron chi connectivity index (χ4n) is 2.68. The van der Waals surface area contributed by atoms with Crippen LogP contribution in [0.25, 0.3) is 11.1 Å². The van der Waals surface area contributed by atoms with E-state index in [1.54, 1.807) is 23.9 Å². The number of fused-ring (bicyclic) bond motifs is 1. The number of carbonyl (C=O) groups is 1. The van der Waals surface area contributed by atoms with Gasteiger partial charge in [-0.1, -0.05) is 12.1 Å². The van der Waals surface area contributed by atoms with Crippen LogP contribution in [0.1, 0.15) is 15.9 Å². The SMILES string of the molecule is COC(=O)c1c(SC)cc(-c2ccc(F)cc2)c2c1CCS2. The molecule has 1 aliphatic heterocycles. The number of esters is 1. The summed E-state index contributed by atoms with van der Waals surface area (Å²) in [6, 6.07) is 8.52. The van der Waals surface area contributed by atoms with Gasteiger partial charge in [0.15, 0.2) is 0 Å². The Labute approximate surface area is 137 Å². The highest BCUT2D eigenvalue weighted by Gasteiger charge is 2.27. The van der Waals surface area contributed by atoms with Crippen LogP contribution in [0, 0.1) is 5.82 Å². The molecular weight excluding hydrogens is 319 g/mol. The van der Waals surface area contributed by atoms with Crippen LogP contribution in [0.4, 0.5) is 4.39 Å². The van der Waals surface area contributed by atoms with Gasteiger partial charge in [0.05, 0.1) is 12.7 Å². The first-order valence-electron chi connectivity index (χ1n) is 6.86. The average molecular weight is 334 g/mol. The number of hydrogen-bond donors (Lipinski definition) is 0. The zero-order valence-corrected chi connectivity index (χ0v) is 13.9. The first kappa shape index (κ1) is 15.4. The predicted molar refractivity (Wildman–Crippen MR) is 89.4 cm³/mol. The van der Waals surface area contributed by atoms with Gasteiger partial charge in [-0.25, -0.2) is 9.18 Å². The van der Waals surface area contributed by atoms with Crippen molar-refractivity contribution < 1.29 is 13.9 Å². The van der Waals surface area contributed by atoms with E-state index in [1.165, 1.54) is 31.0 Å². The van der Waals surface area contributed by atoms with Crippen LogP contribution < -0.4 is 0 Å². The standard InChI is InChI=1S/C17H15FO2S2/c1-20-17(19)15-12-7-8-22-16(12)13(9-14(15)21-2)10-3-5-11(18)6-4-10/h3-6,9H,7-8H2,1-2H3. The molecule has 0 radical (unpaired) electrons. The normalized spacial score (nSPS) is 13.0. The first-order chi connectivity index (χ1) is 10.7. The second-order valence-electron chi connectivity index (χ2n) is 4.91. The summed E-state index contributed by atoms with van der Waals surface area (Å²) in [5, 5.41) is 0. The zero-order chi connectivity index (χ0) is 15.7. The lowest BCUT2D eigenvalue weighted by molar-refractivity contribution is 0.0595. The van der Waals surface area contributed by atoms with Gasteiger partial charge in [0, 0.05) is 15.5 Å². The summed E-state index contributed by atoms with van der Waals surface area (Å²) in [5.41, 5.74) is 3.78. The third-order valence-electron chi connectivity index (χ3n) is 3.71. The van der Waals surface area contributed by atoms with E-state index in [4.69, 9.17) is 4.74 Å². The van der Waals surface area contributed by atoms with Gasteiger partial charge in [0.25, 0.3) is 0 Å². The minimum absolute atomic E-state index is 0.246. The topological polar surface area (TPSA) is 26.3 Å². The van der Waals surface area contributed by atoms with E-state index >= 15 is 0 Å². The Kier molecular flexibility index (Phi) is 4.45. The molecule has 114 valence electrons. The fourth-order valence-corrected chi connectivity index (χ4v) is 4.55. The molecule has 22 heavy (non-hydrogen) atoms. The van der Waals surface area contributed by atoms with Crippen molar-refractivity contribution in [3.63, 3.8) is 0 Å². The Bertz CT molecular complexity index is 726. The highest BCUT2D eigenvalue weighted by Crippen LogP contribution is 2.44. The van der Waals surface area contributed by atoms with E-state index in [9.17, 15) is 9.18 Å². The summed E-state index contributed by atoms with van der Waals surface area (Å²) in [6.07, 6.45) is 2.80. The van der Waals surface area contributed by atoms with Crippen LogP contribution in [0.15, 0.2) is 40.1 Å². The monoisotopic (exact) mass is 334 g/mol. The lowest BCUT2D eigenvalue weighted by atomic mass is 9.97. The molecule has 0 bridgehead atoms. The van der Waals surface area contributed by atoms with Crippen molar-refractivity contribution in [3.05, 3.63) is 47.3 Å². The summed E-state index contributed by atoms with van der Waals surface area (Å²) in [4.78, 5) is 14.2. The molecule has 1 aliphatic rings. The Morgan fingerprint density at radius 2 is 2.05 bits per heavy atom. The molecule has 0 saturated carbocycles. The minimum Gasteiger partial charge on any atom is -0.465 e. The Morgan fingerprint density at radius 1 is 1.32 bits per heavy atom. The third kappa shape index (κ3) is 2.63. The molecule has 2 aromatic carbocycles. The number of benzene rings is 2. The van der Waals surface area contributed by atoms with Gasteiger partial charge in [-0.05, 0) is 47.6 Å². The lowest BCUT2D eigenvalue weighted by Crippen LogP contribution is -2.08. The van der Waals surface area contributed by atoms with Crippen molar-refractivity contribution in [1.82, 2.24) is 0 Å². The summed E-state index contributed by atoms with van der Waals surface area (Å²) in [5.74, 6) is 0.420. The number of hydrogen-bond acceptors (Lipinski definition) is 4. The van der Waals surface area contributed by atoms with Gasteiger partial charge in [0.2, 0.25) is 0 Å². The van der Waals surface area contributed by atoms with Crippen LogP contribution in [0.5, 0.6) is 0 Å². The molecule has 1 heterocycles. The molecule has 0 fully saturated rings. The molecule has 5 heteroatoms. The summed E-state index contributed by atoms with van der Waals surface area (Å²) in [6.45, 7) is 0. The lowest BCUT2D eigenvalue weighted by Gasteiger charge is -2.15. The largest absolute Gasteiger partial charge is 0.465 e. The van der Waals surface area contributed by atoms with Gasteiger partial charge in [-0.2, -0.15) is 0 Å². The molecule has 0 atom stereocenters. The molecule has 0 amide bonds. The number of carbonyl (C=O) groups excluding carboxylic acids is 1. The second-order valence-corrected chi connectivity index (χ2v) is 6.86. The van der Waals surface area contributed by atoms with E-state index in [0.29, 0.717) is 5.56 Å². The van der Waals surface area contributed by atoms with Crippen LogP contribution in [0.2, 0.25) is 0 Å². The summed E-state index contributed by atoms with van der Waals surface area (Å²) < 4.78 is 18.1. The van der Waals surface area contributed by atoms with E-state index in [2.05, 4.69) is 0 Å². The van der Waals surface area contributed by atoms with Gasteiger partial charge in [-0.15, -0.1) is 23.5 Å². The smallest absolute Gasteiger partial charge is 0.339 e. The van der Waals surface area contributed by atoms with Gasteiger partial charge < -0.3 is 4.74 Å². The van der Waals surface area contributed by atoms with E-state index < -0.39 is 0 Å². The number of halogens is 1. The molecule has 3 rings (SSSR count). The molecule has 2 nitrogen and oxygen atoms in total. The highest BCUT2D eigenvalue weighted by atomic mass is 32.2. The molecular formula is C17H15FO2S2. The Morgan fingerprint density at radius 3 is 2.68 bits per heavy atom.